The second kappa shape index (κ2) is 3.92. The largest absolute Gasteiger partial charge is 0.493 e. The molecule has 0 spiro atoms. The normalized spacial score (nSPS) is 13.4. The number of carboxylic acids is 1. The van der Waals surface area contributed by atoms with E-state index in [0.29, 0.717) is 0 Å². The van der Waals surface area contributed by atoms with Crippen LogP contribution in [0.15, 0.2) is 23.1 Å². The third-order valence-electron chi connectivity index (χ3n) is 2.02. The third kappa shape index (κ3) is 2.01. The highest BCUT2D eigenvalue weighted by Gasteiger charge is 2.12. The predicted molar refractivity (Wildman–Crippen MR) is 54.0 cm³/mol. The van der Waals surface area contributed by atoms with Crippen LogP contribution in [0.4, 0.5) is 0 Å². The average molecular weight is 210 g/mol. The van der Waals surface area contributed by atoms with Gasteiger partial charge >= 0.3 is 5.97 Å². The Morgan fingerprint density at radius 3 is 3.21 bits per heavy atom. The number of carbonyl (C=O) groups is 1. The molecule has 74 valence electrons. The van der Waals surface area contributed by atoms with Gasteiger partial charge in [-0.3, -0.25) is 4.79 Å². The lowest BCUT2D eigenvalue weighted by Gasteiger charge is -2.01. The summed E-state index contributed by atoms with van der Waals surface area (Å²) in [7, 11) is 0. The third-order valence-corrected chi connectivity index (χ3v) is 3.00. The van der Waals surface area contributed by atoms with Crippen LogP contribution < -0.4 is 4.74 Å². The molecule has 2 rings (SSSR count). The van der Waals surface area contributed by atoms with Gasteiger partial charge in [-0.2, -0.15) is 0 Å². The number of aliphatic carboxylic acids is 1. The molecule has 0 aromatic heterocycles. The Morgan fingerprint density at radius 1 is 1.57 bits per heavy atom. The molecule has 1 aromatic rings. The molecule has 0 saturated carbocycles. The highest BCUT2D eigenvalue weighted by molar-refractivity contribution is 8.00. The molecule has 1 aliphatic rings. The van der Waals surface area contributed by atoms with E-state index in [2.05, 4.69) is 0 Å². The van der Waals surface area contributed by atoms with E-state index in [1.54, 1.807) is 0 Å². The number of benzene rings is 1. The van der Waals surface area contributed by atoms with Crippen molar-refractivity contribution in [1.29, 1.82) is 0 Å². The molecule has 1 aromatic carbocycles. The zero-order valence-corrected chi connectivity index (χ0v) is 8.34. The van der Waals surface area contributed by atoms with E-state index < -0.39 is 5.97 Å². The number of fused-ring (bicyclic) bond motifs is 1. The van der Waals surface area contributed by atoms with Gasteiger partial charge in [-0.15, -0.1) is 11.8 Å². The first-order valence-electron chi connectivity index (χ1n) is 4.36. The number of hydrogen-bond acceptors (Lipinski definition) is 3. The molecule has 14 heavy (non-hydrogen) atoms. The van der Waals surface area contributed by atoms with Crippen molar-refractivity contribution >= 4 is 17.7 Å². The van der Waals surface area contributed by atoms with Crippen LogP contribution in [0, 0.1) is 0 Å². The van der Waals surface area contributed by atoms with Gasteiger partial charge in [0.15, 0.2) is 0 Å². The predicted octanol–water partition coefficient (Wildman–Crippen LogP) is 1.80. The summed E-state index contributed by atoms with van der Waals surface area (Å²) in [5.74, 6) is 0.260. The summed E-state index contributed by atoms with van der Waals surface area (Å²) >= 11 is 1.34. The number of thioether (sulfide) groups is 1. The molecule has 0 atom stereocenters. The Morgan fingerprint density at radius 2 is 2.43 bits per heavy atom. The SMILES string of the molecule is O=C(O)CSc1ccc2c(c1)CCO2. The van der Waals surface area contributed by atoms with E-state index in [-0.39, 0.29) is 5.75 Å². The summed E-state index contributed by atoms with van der Waals surface area (Å²) in [5.41, 5.74) is 1.18. The van der Waals surface area contributed by atoms with Gasteiger partial charge in [-0.1, -0.05) is 0 Å². The zero-order valence-electron chi connectivity index (χ0n) is 7.53. The highest BCUT2D eigenvalue weighted by atomic mass is 32.2. The van der Waals surface area contributed by atoms with Gasteiger partial charge < -0.3 is 9.84 Å². The molecule has 1 N–H and O–H groups in total. The average Bonchev–Trinajstić information content (AvgIpc) is 2.61. The van der Waals surface area contributed by atoms with Gasteiger partial charge in [-0.25, -0.2) is 0 Å². The van der Waals surface area contributed by atoms with Gasteiger partial charge in [0, 0.05) is 11.3 Å². The van der Waals surface area contributed by atoms with Crippen LogP contribution in [-0.2, 0) is 11.2 Å². The van der Waals surface area contributed by atoms with E-state index in [1.165, 1.54) is 17.3 Å². The number of hydrogen-bond donors (Lipinski definition) is 1. The van der Waals surface area contributed by atoms with Crippen molar-refractivity contribution in [2.24, 2.45) is 0 Å². The molecule has 0 unspecified atom stereocenters. The van der Waals surface area contributed by atoms with Crippen LogP contribution in [0.5, 0.6) is 5.75 Å². The van der Waals surface area contributed by atoms with Crippen LogP contribution in [0.3, 0.4) is 0 Å². The quantitative estimate of drug-likeness (QED) is 0.773. The van der Waals surface area contributed by atoms with Crippen LogP contribution in [0.25, 0.3) is 0 Å². The molecule has 0 amide bonds. The molecular formula is C10H10O3S. The van der Waals surface area contributed by atoms with E-state index >= 15 is 0 Å². The summed E-state index contributed by atoms with van der Waals surface area (Å²) in [5, 5.41) is 8.52. The second-order valence-corrected chi connectivity index (χ2v) is 4.10. The van der Waals surface area contributed by atoms with Crippen LogP contribution in [-0.4, -0.2) is 23.4 Å². The van der Waals surface area contributed by atoms with E-state index in [0.717, 1.165) is 23.7 Å². The minimum Gasteiger partial charge on any atom is -0.493 e. The van der Waals surface area contributed by atoms with E-state index in [1.807, 2.05) is 18.2 Å². The molecule has 0 aliphatic carbocycles. The monoisotopic (exact) mass is 210 g/mol. The van der Waals surface area contributed by atoms with Crippen molar-refractivity contribution in [2.75, 3.05) is 12.4 Å². The smallest absolute Gasteiger partial charge is 0.313 e. The maximum absolute atomic E-state index is 10.4. The topological polar surface area (TPSA) is 46.5 Å². The number of carboxylic acid groups (broad SMARTS) is 1. The highest BCUT2D eigenvalue weighted by Crippen LogP contribution is 2.29. The first-order valence-corrected chi connectivity index (χ1v) is 5.34. The minimum absolute atomic E-state index is 0.111. The lowest BCUT2D eigenvalue weighted by atomic mass is 10.2. The Labute approximate surface area is 86.1 Å². The summed E-state index contributed by atoms with van der Waals surface area (Å²) in [6.07, 6.45) is 0.927. The van der Waals surface area contributed by atoms with E-state index in [4.69, 9.17) is 9.84 Å². The second-order valence-electron chi connectivity index (χ2n) is 3.05. The summed E-state index contributed by atoms with van der Waals surface area (Å²) < 4.78 is 5.35. The fourth-order valence-corrected chi connectivity index (χ4v) is 2.08. The molecule has 0 fully saturated rings. The molecule has 3 nitrogen and oxygen atoms in total. The van der Waals surface area contributed by atoms with Crippen LogP contribution >= 0.6 is 11.8 Å². The van der Waals surface area contributed by atoms with Gasteiger partial charge in [0.05, 0.1) is 12.4 Å². The summed E-state index contributed by atoms with van der Waals surface area (Å²) in [6.45, 7) is 0.738. The lowest BCUT2D eigenvalue weighted by Crippen LogP contribution is -1.97. The Bertz CT molecular complexity index is 362. The van der Waals surface area contributed by atoms with Crippen molar-refractivity contribution in [3.63, 3.8) is 0 Å². The van der Waals surface area contributed by atoms with Gasteiger partial charge in [0.1, 0.15) is 5.75 Å². The first kappa shape index (κ1) is 9.40. The molecule has 0 saturated heterocycles. The van der Waals surface area contributed by atoms with Crippen molar-refractivity contribution in [3.05, 3.63) is 23.8 Å². The van der Waals surface area contributed by atoms with Crippen molar-refractivity contribution < 1.29 is 14.6 Å². The molecule has 0 bridgehead atoms. The first-order chi connectivity index (χ1) is 6.75. The van der Waals surface area contributed by atoms with Crippen molar-refractivity contribution in [1.82, 2.24) is 0 Å². The maximum Gasteiger partial charge on any atom is 0.313 e. The van der Waals surface area contributed by atoms with Gasteiger partial charge in [0.2, 0.25) is 0 Å². The minimum atomic E-state index is -0.785. The molecule has 0 radical (unpaired) electrons. The molecule has 1 heterocycles. The van der Waals surface area contributed by atoms with Crippen molar-refractivity contribution in [3.8, 4) is 5.75 Å². The zero-order chi connectivity index (χ0) is 9.97. The fraction of sp³-hybridized carbons (Fsp3) is 0.300. The maximum atomic E-state index is 10.4. The molecular weight excluding hydrogens is 200 g/mol. The summed E-state index contributed by atoms with van der Waals surface area (Å²) in [4.78, 5) is 11.4. The molecule has 1 aliphatic heterocycles. The standard InChI is InChI=1S/C10H10O3S/c11-10(12)6-14-8-1-2-9-7(5-8)3-4-13-9/h1-2,5H,3-4,6H2,(H,11,12). The number of rotatable bonds is 3. The van der Waals surface area contributed by atoms with Gasteiger partial charge in [0.25, 0.3) is 0 Å². The van der Waals surface area contributed by atoms with Crippen LogP contribution in [0.2, 0.25) is 0 Å². The molecule has 4 heteroatoms. The Kier molecular flexibility index (Phi) is 2.63. The Balaban J connectivity index is 2.09. The van der Waals surface area contributed by atoms with Crippen molar-refractivity contribution in [2.45, 2.75) is 11.3 Å². The van der Waals surface area contributed by atoms with Gasteiger partial charge in [-0.05, 0) is 23.8 Å². The van der Waals surface area contributed by atoms with E-state index in [9.17, 15) is 4.79 Å². The summed E-state index contributed by atoms with van der Waals surface area (Å²) in [6, 6.07) is 5.82. The number of ether oxygens (including phenoxy) is 1. The lowest BCUT2D eigenvalue weighted by molar-refractivity contribution is -0.133. The fourth-order valence-electron chi connectivity index (χ4n) is 1.40. The van der Waals surface area contributed by atoms with Crippen LogP contribution in [0.1, 0.15) is 5.56 Å². The Hall–Kier alpha value is -1.16.